The van der Waals surface area contributed by atoms with E-state index in [0.717, 1.165) is 12.5 Å². The van der Waals surface area contributed by atoms with Crippen molar-refractivity contribution in [2.24, 2.45) is 5.92 Å². The van der Waals surface area contributed by atoms with Crippen LogP contribution in [-0.4, -0.2) is 9.78 Å². The van der Waals surface area contributed by atoms with E-state index in [-0.39, 0.29) is 0 Å². The van der Waals surface area contributed by atoms with E-state index in [1.165, 1.54) is 76.3 Å². The smallest absolute Gasteiger partial charge is 0.0492 e. The summed E-state index contributed by atoms with van der Waals surface area (Å²) in [4.78, 5) is 0. The van der Waals surface area contributed by atoms with E-state index in [9.17, 15) is 0 Å². The zero-order chi connectivity index (χ0) is 15.3. The third kappa shape index (κ3) is 8.28. The zero-order valence-corrected chi connectivity index (χ0v) is 14.6. The predicted octanol–water partition coefficient (Wildman–Crippen LogP) is 6.14. The lowest BCUT2D eigenvalue weighted by Gasteiger charge is -2.17. The van der Waals surface area contributed by atoms with E-state index >= 15 is 0 Å². The third-order valence-corrected chi connectivity index (χ3v) is 4.61. The van der Waals surface area contributed by atoms with Gasteiger partial charge in [-0.2, -0.15) is 5.10 Å². The van der Waals surface area contributed by atoms with Crippen molar-refractivity contribution in [2.75, 3.05) is 0 Å². The molecule has 2 heteroatoms. The van der Waals surface area contributed by atoms with Crippen LogP contribution < -0.4 is 0 Å². The maximum absolute atomic E-state index is 4.42. The SMILES string of the molecule is CCCCCCC(CCCCCC)CCn1nccc1C. The fourth-order valence-corrected chi connectivity index (χ4v) is 3.09. The highest BCUT2D eigenvalue weighted by Gasteiger charge is 2.09. The van der Waals surface area contributed by atoms with Crippen molar-refractivity contribution in [1.29, 1.82) is 0 Å². The second-order valence-electron chi connectivity index (χ2n) is 6.55. The second kappa shape index (κ2) is 11.8. The summed E-state index contributed by atoms with van der Waals surface area (Å²) in [5, 5.41) is 4.42. The van der Waals surface area contributed by atoms with Crippen LogP contribution in [0.2, 0.25) is 0 Å². The minimum absolute atomic E-state index is 0.905. The molecule has 0 spiro atoms. The van der Waals surface area contributed by atoms with Crippen molar-refractivity contribution in [2.45, 2.75) is 97.9 Å². The fourth-order valence-electron chi connectivity index (χ4n) is 3.09. The van der Waals surface area contributed by atoms with Crippen LogP contribution in [0.5, 0.6) is 0 Å². The molecular formula is C19H36N2. The molecule has 0 saturated carbocycles. The maximum atomic E-state index is 4.42. The molecular weight excluding hydrogens is 256 g/mol. The Balaban J connectivity index is 2.29. The van der Waals surface area contributed by atoms with Crippen molar-refractivity contribution in [3.63, 3.8) is 0 Å². The summed E-state index contributed by atoms with van der Waals surface area (Å²) in [7, 11) is 0. The molecule has 1 aromatic rings. The predicted molar refractivity (Wildman–Crippen MR) is 92.6 cm³/mol. The van der Waals surface area contributed by atoms with E-state index in [1.807, 2.05) is 6.20 Å². The van der Waals surface area contributed by atoms with Gasteiger partial charge in [0.1, 0.15) is 0 Å². The van der Waals surface area contributed by atoms with Gasteiger partial charge in [-0.15, -0.1) is 0 Å². The monoisotopic (exact) mass is 292 g/mol. The summed E-state index contributed by atoms with van der Waals surface area (Å²) in [5.74, 6) is 0.905. The van der Waals surface area contributed by atoms with Gasteiger partial charge >= 0.3 is 0 Å². The lowest BCUT2D eigenvalue weighted by Crippen LogP contribution is -2.09. The Labute approximate surface area is 132 Å². The summed E-state index contributed by atoms with van der Waals surface area (Å²) in [5.41, 5.74) is 1.30. The first kappa shape index (κ1) is 18.3. The Bertz CT molecular complexity index is 331. The molecule has 0 N–H and O–H groups in total. The summed E-state index contributed by atoms with van der Waals surface area (Å²) in [6.45, 7) is 7.85. The number of hydrogen-bond acceptors (Lipinski definition) is 1. The van der Waals surface area contributed by atoms with Crippen LogP contribution >= 0.6 is 0 Å². The molecule has 0 fully saturated rings. The van der Waals surface area contributed by atoms with Gasteiger partial charge < -0.3 is 0 Å². The summed E-state index contributed by atoms with van der Waals surface area (Å²) in [6, 6.07) is 2.11. The van der Waals surface area contributed by atoms with Crippen molar-refractivity contribution in [1.82, 2.24) is 9.78 Å². The Morgan fingerprint density at radius 1 is 0.905 bits per heavy atom. The number of hydrogen-bond donors (Lipinski definition) is 0. The van der Waals surface area contributed by atoms with Gasteiger partial charge in [-0.25, -0.2) is 0 Å². The molecule has 0 amide bonds. The molecule has 0 saturated heterocycles. The fraction of sp³-hybridized carbons (Fsp3) is 0.842. The zero-order valence-electron chi connectivity index (χ0n) is 14.6. The van der Waals surface area contributed by atoms with Gasteiger partial charge in [0, 0.05) is 18.4 Å². The van der Waals surface area contributed by atoms with E-state index < -0.39 is 0 Å². The molecule has 0 unspecified atom stereocenters. The maximum Gasteiger partial charge on any atom is 0.0492 e. The van der Waals surface area contributed by atoms with Crippen LogP contribution in [-0.2, 0) is 6.54 Å². The van der Waals surface area contributed by atoms with Gasteiger partial charge in [-0.05, 0) is 25.3 Å². The van der Waals surface area contributed by atoms with E-state index in [0.29, 0.717) is 0 Å². The molecule has 0 radical (unpaired) electrons. The minimum atomic E-state index is 0.905. The lowest BCUT2D eigenvalue weighted by atomic mass is 9.91. The molecule has 0 atom stereocenters. The first-order chi connectivity index (χ1) is 10.3. The van der Waals surface area contributed by atoms with Gasteiger partial charge in [-0.1, -0.05) is 78.1 Å². The molecule has 1 aromatic heterocycles. The van der Waals surface area contributed by atoms with Gasteiger partial charge in [0.25, 0.3) is 0 Å². The summed E-state index contributed by atoms with van der Waals surface area (Å²) >= 11 is 0. The highest BCUT2D eigenvalue weighted by molar-refractivity contribution is 4.96. The van der Waals surface area contributed by atoms with Gasteiger partial charge in [0.2, 0.25) is 0 Å². The van der Waals surface area contributed by atoms with Crippen LogP contribution in [0, 0.1) is 12.8 Å². The molecule has 0 aromatic carbocycles. The van der Waals surface area contributed by atoms with Crippen LogP contribution in [0.4, 0.5) is 0 Å². The molecule has 2 nitrogen and oxygen atoms in total. The molecule has 122 valence electrons. The average Bonchev–Trinajstić information content (AvgIpc) is 2.90. The van der Waals surface area contributed by atoms with Crippen molar-refractivity contribution < 1.29 is 0 Å². The van der Waals surface area contributed by atoms with Crippen molar-refractivity contribution in [3.8, 4) is 0 Å². The molecule has 21 heavy (non-hydrogen) atoms. The Hall–Kier alpha value is -0.790. The Morgan fingerprint density at radius 2 is 1.52 bits per heavy atom. The molecule has 0 bridgehead atoms. The number of rotatable bonds is 13. The van der Waals surface area contributed by atoms with Crippen LogP contribution in [0.25, 0.3) is 0 Å². The highest BCUT2D eigenvalue weighted by atomic mass is 15.3. The Morgan fingerprint density at radius 3 is 2.00 bits per heavy atom. The number of aromatic nitrogens is 2. The third-order valence-electron chi connectivity index (χ3n) is 4.61. The standard InChI is InChI=1S/C19H36N2/c1-4-6-8-10-12-19(13-11-9-7-5-2)15-17-21-18(3)14-16-20-21/h14,16,19H,4-13,15,17H2,1-3H3. The largest absolute Gasteiger partial charge is 0.270 e. The quantitative estimate of drug-likeness (QED) is 0.399. The second-order valence-corrected chi connectivity index (χ2v) is 6.55. The lowest BCUT2D eigenvalue weighted by molar-refractivity contribution is 0.354. The minimum Gasteiger partial charge on any atom is -0.270 e. The molecule has 0 aliphatic heterocycles. The van der Waals surface area contributed by atoms with Gasteiger partial charge in [-0.3, -0.25) is 4.68 Å². The van der Waals surface area contributed by atoms with Gasteiger partial charge in [0.15, 0.2) is 0 Å². The van der Waals surface area contributed by atoms with Gasteiger partial charge in [0.05, 0.1) is 0 Å². The van der Waals surface area contributed by atoms with Crippen molar-refractivity contribution >= 4 is 0 Å². The normalized spacial score (nSPS) is 11.4. The molecule has 0 aliphatic rings. The number of aryl methyl sites for hydroxylation is 2. The molecule has 1 rings (SSSR count). The topological polar surface area (TPSA) is 17.8 Å². The van der Waals surface area contributed by atoms with E-state index in [2.05, 4.69) is 36.6 Å². The number of nitrogens with zero attached hydrogens (tertiary/aromatic N) is 2. The first-order valence-electron chi connectivity index (χ1n) is 9.26. The van der Waals surface area contributed by atoms with Crippen LogP contribution in [0.3, 0.4) is 0 Å². The van der Waals surface area contributed by atoms with Crippen LogP contribution in [0.1, 0.15) is 90.2 Å². The van der Waals surface area contributed by atoms with E-state index in [1.54, 1.807) is 0 Å². The van der Waals surface area contributed by atoms with Crippen LogP contribution in [0.15, 0.2) is 12.3 Å². The van der Waals surface area contributed by atoms with E-state index in [4.69, 9.17) is 0 Å². The molecule has 1 heterocycles. The summed E-state index contributed by atoms with van der Waals surface area (Å²) < 4.78 is 2.17. The molecule has 0 aliphatic carbocycles. The highest BCUT2D eigenvalue weighted by Crippen LogP contribution is 2.22. The summed E-state index contributed by atoms with van der Waals surface area (Å²) in [6.07, 6.45) is 17.2. The number of unbranched alkanes of at least 4 members (excludes halogenated alkanes) is 6. The van der Waals surface area contributed by atoms with Crippen molar-refractivity contribution in [3.05, 3.63) is 18.0 Å². The Kier molecular flexibility index (Phi) is 10.3. The first-order valence-corrected chi connectivity index (χ1v) is 9.26. The average molecular weight is 293 g/mol.